The summed E-state index contributed by atoms with van der Waals surface area (Å²) in [4.78, 5) is 17.4. The van der Waals surface area contributed by atoms with Gasteiger partial charge in [0.25, 0.3) is 5.91 Å². The van der Waals surface area contributed by atoms with Crippen LogP contribution >= 0.6 is 34.8 Å². The lowest BCUT2D eigenvalue weighted by Gasteiger charge is -2.36. The SMILES string of the molecule is CCN1CCN(c2c(Cl)cccc2NC(=O)c2cc(Cl)c(OC)c(Cl)c2)CC1. The number of hydrogen-bond donors (Lipinski definition) is 1. The summed E-state index contributed by atoms with van der Waals surface area (Å²) in [6.45, 7) is 6.79. The van der Waals surface area contributed by atoms with Crippen LogP contribution in [0.5, 0.6) is 5.75 Å². The molecule has 1 heterocycles. The second-order valence-electron chi connectivity index (χ2n) is 6.48. The fraction of sp³-hybridized carbons (Fsp3) is 0.350. The zero-order valence-corrected chi connectivity index (χ0v) is 18.0. The van der Waals surface area contributed by atoms with E-state index in [0.717, 1.165) is 38.4 Å². The molecule has 0 atom stereocenters. The maximum absolute atomic E-state index is 12.8. The number of benzene rings is 2. The Morgan fingerprint density at radius 2 is 1.71 bits per heavy atom. The van der Waals surface area contributed by atoms with Crippen LogP contribution < -0.4 is 15.0 Å². The fourth-order valence-electron chi connectivity index (χ4n) is 3.31. The average Bonchev–Trinajstić information content (AvgIpc) is 2.68. The van der Waals surface area contributed by atoms with Crippen molar-refractivity contribution in [2.24, 2.45) is 0 Å². The van der Waals surface area contributed by atoms with Gasteiger partial charge in [0.15, 0.2) is 5.75 Å². The fourth-order valence-corrected chi connectivity index (χ4v) is 4.24. The van der Waals surface area contributed by atoms with Gasteiger partial charge in [0.2, 0.25) is 0 Å². The normalized spacial score (nSPS) is 14.8. The highest BCUT2D eigenvalue weighted by Gasteiger charge is 2.22. The van der Waals surface area contributed by atoms with Gasteiger partial charge in [0, 0.05) is 31.7 Å². The second kappa shape index (κ2) is 9.23. The van der Waals surface area contributed by atoms with Crippen molar-refractivity contribution in [2.45, 2.75) is 6.92 Å². The maximum Gasteiger partial charge on any atom is 0.255 e. The van der Waals surface area contributed by atoms with E-state index in [2.05, 4.69) is 22.0 Å². The number of carbonyl (C=O) groups excluding carboxylic acids is 1. The molecule has 1 saturated heterocycles. The molecular formula is C20H22Cl3N3O2. The Hall–Kier alpha value is -1.66. The lowest BCUT2D eigenvalue weighted by molar-refractivity contribution is 0.102. The molecule has 0 unspecified atom stereocenters. The van der Waals surface area contributed by atoms with E-state index in [-0.39, 0.29) is 16.0 Å². The molecular weight excluding hydrogens is 421 g/mol. The maximum atomic E-state index is 12.8. The van der Waals surface area contributed by atoms with Crippen LogP contribution in [0, 0.1) is 0 Å². The van der Waals surface area contributed by atoms with Crippen LogP contribution in [-0.4, -0.2) is 50.6 Å². The van der Waals surface area contributed by atoms with E-state index in [1.807, 2.05) is 18.2 Å². The number of carbonyl (C=O) groups is 1. The molecule has 0 saturated carbocycles. The van der Waals surface area contributed by atoms with Crippen molar-refractivity contribution < 1.29 is 9.53 Å². The van der Waals surface area contributed by atoms with E-state index in [1.54, 1.807) is 0 Å². The predicted octanol–water partition coefficient (Wildman–Crippen LogP) is 5.05. The van der Waals surface area contributed by atoms with Crippen molar-refractivity contribution in [1.29, 1.82) is 0 Å². The minimum atomic E-state index is -0.317. The number of methoxy groups -OCH3 is 1. The van der Waals surface area contributed by atoms with Crippen molar-refractivity contribution in [3.8, 4) is 5.75 Å². The average molecular weight is 443 g/mol. The van der Waals surface area contributed by atoms with Gasteiger partial charge in [-0.15, -0.1) is 0 Å². The molecule has 1 N–H and O–H groups in total. The standard InChI is InChI=1S/C20H22Cl3N3O2/c1-3-25-7-9-26(10-8-25)18-14(21)5-4-6-17(18)24-20(27)13-11-15(22)19(28-2)16(23)12-13/h4-6,11-12H,3,7-10H2,1-2H3,(H,24,27). The highest BCUT2D eigenvalue weighted by Crippen LogP contribution is 2.36. The molecule has 0 spiro atoms. The number of para-hydroxylation sites is 1. The highest BCUT2D eigenvalue weighted by molar-refractivity contribution is 6.38. The number of nitrogens with zero attached hydrogens (tertiary/aromatic N) is 2. The number of piperazine rings is 1. The van der Waals surface area contributed by atoms with E-state index in [4.69, 9.17) is 39.5 Å². The summed E-state index contributed by atoms with van der Waals surface area (Å²) in [6, 6.07) is 8.56. The van der Waals surface area contributed by atoms with Crippen molar-refractivity contribution >= 4 is 52.1 Å². The molecule has 0 radical (unpaired) electrons. The first-order valence-electron chi connectivity index (χ1n) is 9.04. The van der Waals surface area contributed by atoms with E-state index >= 15 is 0 Å². The van der Waals surface area contributed by atoms with Gasteiger partial charge >= 0.3 is 0 Å². The van der Waals surface area contributed by atoms with Gasteiger partial charge in [-0.25, -0.2) is 0 Å². The van der Waals surface area contributed by atoms with Gasteiger partial charge in [-0.05, 0) is 30.8 Å². The molecule has 150 valence electrons. The first-order valence-corrected chi connectivity index (χ1v) is 10.2. The quantitative estimate of drug-likeness (QED) is 0.704. The van der Waals surface area contributed by atoms with E-state index in [1.165, 1.54) is 19.2 Å². The van der Waals surface area contributed by atoms with Crippen LogP contribution in [0.3, 0.4) is 0 Å². The molecule has 1 amide bonds. The lowest BCUT2D eigenvalue weighted by atomic mass is 10.1. The van der Waals surface area contributed by atoms with Gasteiger partial charge in [-0.1, -0.05) is 47.8 Å². The number of hydrogen-bond acceptors (Lipinski definition) is 4. The Morgan fingerprint density at radius 1 is 1.07 bits per heavy atom. The number of anilines is 2. The minimum absolute atomic E-state index is 0.280. The Balaban J connectivity index is 1.85. The number of nitrogens with one attached hydrogen (secondary N) is 1. The summed E-state index contributed by atoms with van der Waals surface area (Å²) < 4.78 is 5.14. The van der Waals surface area contributed by atoms with Crippen LogP contribution in [-0.2, 0) is 0 Å². The molecule has 2 aromatic carbocycles. The number of likely N-dealkylation sites (N-methyl/N-ethyl adjacent to an activating group) is 1. The van der Waals surface area contributed by atoms with Gasteiger partial charge in [0.1, 0.15) is 0 Å². The summed E-state index contributed by atoms with van der Waals surface area (Å²) >= 11 is 18.8. The largest absolute Gasteiger partial charge is 0.494 e. The predicted molar refractivity (Wildman–Crippen MR) is 117 cm³/mol. The smallest absolute Gasteiger partial charge is 0.255 e. The molecule has 0 aromatic heterocycles. The first kappa shape index (κ1) is 21.1. The molecule has 3 rings (SSSR count). The van der Waals surface area contributed by atoms with Crippen LogP contribution in [0.1, 0.15) is 17.3 Å². The van der Waals surface area contributed by atoms with Crippen molar-refractivity contribution in [2.75, 3.05) is 50.1 Å². The second-order valence-corrected chi connectivity index (χ2v) is 7.71. The third kappa shape index (κ3) is 4.49. The Bertz CT molecular complexity index is 845. The van der Waals surface area contributed by atoms with Crippen molar-refractivity contribution in [3.63, 3.8) is 0 Å². The van der Waals surface area contributed by atoms with Gasteiger partial charge in [-0.2, -0.15) is 0 Å². The van der Waals surface area contributed by atoms with Gasteiger partial charge in [-0.3, -0.25) is 4.79 Å². The van der Waals surface area contributed by atoms with Crippen molar-refractivity contribution in [1.82, 2.24) is 4.90 Å². The third-order valence-corrected chi connectivity index (χ3v) is 5.70. The molecule has 1 aliphatic rings. The number of amides is 1. The van der Waals surface area contributed by atoms with Gasteiger partial charge < -0.3 is 19.9 Å². The molecule has 0 aliphatic carbocycles. The molecule has 8 heteroatoms. The highest BCUT2D eigenvalue weighted by atomic mass is 35.5. The van der Waals surface area contributed by atoms with Crippen molar-refractivity contribution in [3.05, 3.63) is 51.0 Å². The van der Waals surface area contributed by atoms with Crippen LogP contribution in [0.15, 0.2) is 30.3 Å². The van der Waals surface area contributed by atoms with Crippen LogP contribution in [0.2, 0.25) is 15.1 Å². The summed E-state index contributed by atoms with van der Waals surface area (Å²) in [6.07, 6.45) is 0. The lowest BCUT2D eigenvalue weighted by Crippen LogP contribution is -2.46. The van der Waals surface area contributed by atoms with E-state index in [9.17, 15) is 4.79 Å². The number of halogens is 3. The molecule has 5 nitrogen and oxygen atoms in total. The molecule has 1 fully saturated rings. The molecule has 28 heavy (non-hydrogen) atoms. The topological polar surface area (TPSA) is 44.8 Å². The Morgan fingerprint density at radius 3 is 2.29 bits per heavy atom. The summed E-state index contributed by atoms with van der Waals surface area (Å²) in [5.41, 5.74) is 1.84. The number of rotatable bonds is 5. The number of ether oxygens (including phenoxy) is 1. The Kier molecular flexibility index (Phi) is 6.94. The van der Waals surface area contributed by atoms with Crippen LogP contribution in [0.4, 0.5) is 11.4 Å². The minimum Gasteiger partial charge on any atom is -0.494 e. The monoisotopic (exact) mass is 441 g/mol. The first-order chi connectivity index (χ1) is 13.4. The Labute approximate surface area is 180 Å². The third-order valence-electron chi connectivity index (χ3n) is 4.84. The van der Waals surface area contributed by atoms with Gasteiger partial charge in [0.05, 0.1) is 33.6 Å². The summed E-state index contributed by atoms with van der Waals surface area (Å²) in [5.74, 6) is 0.0271. The summed E-state index contributed by atoms with van der Waals surface area (Å²) in [7, 11) is 1.48. The molecule has 1 aliphatic heterocycles. The zero-order chi connectivity index (χ0) is 20.3. The van der Waals surface area contributed by atoms with E-state index in [0.29, 0.717) is 22.0 Å². The molecule has 2 aromatic rings. The zero-order valence-electron chi connectivity index (χ0n) is 15.8. The molecule has 0 bridgehead atoms. The summed E-state index contributed by atoms with van der Waals surface area (Å²) in [5, 5.41) is 4.11. The van der Waals surface area contributed by atoms with Crippen LogP contribution in [0.25, 0.3) is 0 Å². The van der Waals surface area contributed by atoms with E-state index < -0.39 is 0 Å².